The predicted molar refractivity (Wildman–Crippen MR) is 153 cm³/mol. The Hall–Kier alpha value is 1.07. The molecule has 36 heavy (non-hydrogen) atoms. The summed E-state index contributed by atoms with van der Waals surface area (Å²) in [6.45, 7) is 9.23. The largest absolute Gasteiger partial charge is 1.00 e. The molecule has 0 spiro atoms. The molecule has 0 bridgehead atoms. The molecule has 0 aromatic carbocycles. The van der Waals surface area contributed by atoms with Crippen LogP contribution < -0.4 is 56.5 Å². The molecule has 1 unspecified atom stereocenters. The van der Waals surface area contributed by atoms with Crippen LogP contribution in [0.4, 0.5) is 0 Å². The monoisotopic (exact) mass is 533 g/mol. The van der Waals surface area contributed by atoms with E-state index in [0.29, 0.717) is 6.04 Å². The maximum Gasteiger partial charge on any atom is 1.00 e. The molecule has 0 rings (SSSR count). The van der Waals surface area contributed by atoms with Gasteiger partial charge >= 0.3 is 51.4 Å². The third-order valence-electron chi connectivity index (χ3n) is 7.72. The van der Waals surface area contributed by atoms with Gasteiger partial charge in [-0.1, -0.05) is 142 Å². The van der Waals surface area contributed by atoms with E-state index in [1.807, 2.05) is 0 Å². The molecule has 0 heterocycles. The van der Waals surface area contributed by atoms with E-state index in [1.165, 1.54) is 154 Å². The Kier molecular flexibility index (Phi) is 35.2. The summed E-state index contributed by atoms with van der Waals surface area (Å²) in [7, 11) is 0. The zero-order valence-corrected chi connectivity index (χ0v) is 28.6. The molecule has 0 fully saturated rings. The van der Waals surface area contributed by atoms with Crippen LogP contribution in [-0.4, -0.2) is 30.0 Å². The van der Waals surface area contributed by atoms with E-state index >= 15 is 0 Å². The molecule has 0 aliphatic carbocycles. The fourth-order valence-electron chi connectivity index (χ4n) is 5.24. The zero-order chi connectivity index (χ0) is 25.8. The minimum Gasteiger partial charge on any atom is -0.550 e. The molecule has 0 aliphatic heterocycles. The third-order valence-corrected chi connectivity index (χ3v) is 7.72. The van der Waals surface area contributed by atoms with Crippen LogP contribution in [0.1, 0.15) is 181 Å². The van der Waals surface area contributed by atoms with Gasteiger partial charge < -0.3 is 14.8 Å². The molecule has 0 saturated heterocycles. The fourth-order valence-corrected chi connectivity index (χ4v) is 5.24. The molecule has 0 amide bonds. The normalized spacial score (nSPS) is 12.1. The average Bonchev–Trinajstić information content (AvgIpc) is 2.84. The van der Waals surface area contributed by atoms with E-state index in [-0.39, 0.29) is 57.8 Å². The number of carbonyl (C=O) groups is 1. The smallest absolute Gasteiger partial charge is 0.550 e. The second kappa shape index (κ2) is 32.3. The van der Waals surface area contributed by atoms with Crippen LogP contribution in [0.25, 0.3) is 0 Å². The van der Waals surface area contributed by atoms with Gasteiger partial charge in [-0.15, -0.1) is 0 Å². The van der Waals surface area contributed by atoms with E-state index in [4.69, 9.17) is 0 Å². The Labute approximate surface area is 270 Å². The molecule has 210 valence electrons. The van der Waals surface area contributed by atoms with Gasteiger partial charge in [-0.05, 0) is 52.1 Å². The van der Waals surface area contributed by atoms with Crippen molar-refractivity contribution in [1.82, 2.24) is 4.90 Å². The molecule has 0 aromatic heterocycles. The van der Waals surface area contributed by atoms with Gasteiger partial charge in [-0.25, -0.2) is 0 Å². The van der Waals surface area contributed by atoms with Crippen molar-refractivity contribution < 1.29 is 61.3 Å². The predicted octanol–water partition coefficient (Wildman–Crippen LogP) is 6.22. The van der Waals surface area contributed by atoms with Crippen LogP contribution in [0.5, 0.6) is 0 Å². The van der Waals surface area contributed by atoms with E-state index in [9.17, 15) is 9.90 Å². The first-order valence-corrected chi connectivity index (χ1v) is 16.1. The first kappa shape index (κ1) is 39.2. The van der Waals surface area contributed by atoms with Crippen molar-refractivity contribution in [2.75, 3.05) is 13.1 Å². The second-order valence-electron chi connectivity index (χ2n) is 11.2. The number of hydrogen-bond acceptors (Lipinski definition) is 3. The Morgan fingerprint density at radius 2 is 0.861 bits per heavy atom. The Bertz CT molecular complexity index is 406. The summed E-state index contributed by atoms with van der Waals surface area (Å²) in [6.07, 6.45) is 32.4. The summed E-state index contributed by atoms with van der Waals surface area (Å²) in [5, 5.41) is 10.8. The number of nitrogens with zero attached hydrogens (tertiary/aromatic N) is 1. The minimum atomic E-state index is -0.903. The van der Waals surface area contributed by atoms with Crippen LogP contribution in [0.3, 0.4) is 0 Å². The van der Waals surface area contributed by atoms with Gasteiger partial charge in [-0.3, -0.25) is 0 Å². The van der Waals surface area contributed by atoms with Crippen molar-refractivity contribution in [3.05, 3.63) is 0 Å². The van der Waals surface area contributed by atoms with Gasteiger partial charge in [-0.2, -0.15) is 0 Å². The van der Waals surface area contributed by atoms with Crippen LogP contribution in [0.15, 0.2) is 0 Å². The molecular weight excluding hydrogens is 469 g/mol. The molecule has 1 atom stereocenters. The number of carboxylic acids is 1. The number of hydrogen-bond donors (Lipinski definition) is 0. The summed E-state index contributed by atoms with van der Waals surface area (Å²) in [5.74, 6) is -0.903. The second-order valence-corrected chi connectivity index (χ2v) is 11.2. The number of aliphatic carboxylic acids is 1. The number of carboxylic acid groups (broad SMARTS) is 1. The zero-order valence-electron chi connectivity index (χ0n) is 25.4. The van der Waals surface area contributed by atoms with E-state index in [2.05, 4.69) is 25.7 Å². The van der Waals surface area contributed by atoms with Crippen LogP contribution in [0.2, 0.25) is 0 Å². The van der Waals surface area contributed by atoms with Gasteiger partial charge in [0.25, 0.3) is 0 Å². The Morgan fingerprint density at radius 1 is 0.556 bits per heavy atom. The molecule has 4 heteroatoms. The van der Waals surface area contributed by atoms with Gasteiger partial charge in [0.15, 0.2) is 0 Å². The minimum absolute atomic E-state index is 0. The summed E-state index contributed by atoms with van der Waals surface area (Å²) in [6, 6.07) is 0.487. The fraction of sp³-hybridized carbons (Fsp3) is 0.969. The van der Waals surface area contributed by atoms with Crippen molar-refractivity contribution in [3.63, 3.8) is 0 Å². The first-order chi connectivity index (χ1) is 17.1. The SMILES string of the molecule is CCCCCCCCCCCCCN(CCCCCCCCCCCCC)C(C)CCCC(=O)[O-].[K+]. The number of carbonyl (C=O) groups excluding carboxylic acids is 1. The summed E-state index contributed by atoms with van der Waals surface area (Å²) < 4.78 is 0. The van der Waals surface area contributed by atoms with Gasteiger partial charge in [0.1, 0.15) is 0 Å². The summed E-state index contributed by atoms with van der Waals surface area (Å²) >= 11 is 0. The van der Waals surface area contributed by atoms with E-state index in [0.717, 1.165) is 12.8 Å². The van der Waals surface area contributed by atoms with Crippen LogP contribution in [0, 0.1) is 0 Å². The van der Waals surface area contributed by atoms with Crippen LogP contribution >= 0.6 is 0 Å². The first-order valence-electron chi connectivity index (χ1n) is 16.1. The van der Waals surface area contributed by atoms with E-state index < -0.39 is 5.97 Å². The molecule has 0 N–H and O–H groups in total. The van der Waals surface area contributed by atoms with Gasteiger partial charge in [0.05, 0.1) is 0 Å². The van der Waals surface area contributed by atoms with Crippen LogP contribution in [-0.2, 0) is 4.79 Å². The Balaban J connectivity index is 0. The maximum atomic E-state index is 10.8. The summed E-state index contributed by atoms with van der Waals surface area (Å²) in [4.78, 5) is 13.4. The van der Waals surface area contributed by atoms with Crippen molar-refractivity contribution >= 4 is 5.97 Å². The maximum absolute atomic E-state index is 10.8. The number of rotatable bonds is 29. The quantitative estimate of drug-likeness (QED) is 0.0846. The van der Waals surface area contributed by atoms with Crippen molar-refractivity contribution in [3.8, 4) is 0 Å². The third kappa shape index (κ3) is 29.6. The summed E-state index contributed by atoms with van der Waals surface area (Å²) in [5.41, 5.74) is 0. The molecule has 0 aliphatic rings. The van der Waals surface area contributed by atoms with Gasteiger partial charge in [0.2, 0.25) is 0 Å². The molecular formula is C32H64KNO2. The molecule has 0 radical (unpaired) electrons. The topological polar surface area (TPSA) is 43.4 Å². The van der Waals surface area contributed by atoms with Crippen molar-refractivity contribution in [1.29, 1.82) is 0 Å². The van der Waals surface area contributed by atoms with Crippen molar-refractivity contribution in [2.45, 2.75) is 187 Å². The molecule has 3 nitrogen and oxygen atoms in total. The van der Waals surface area contributed by atoms with E-state index in [1.54, 1.807) is 0 Å². The van der Waals surface area contributed by atoms with Gasteiger partial charge in [0, 0.05) is 12.0 Å². The van der Waals surface area contributed by atoms with Crippen molar-refractivity contribution in [2.24, 2.45) is 0 Å². The number of unbranched alkanes of at least 4 members (excludes halogenated alkanes) is 20. The Morgan fingerprint density at radius 3 is 1.17 bits per heavy atom. The standard InChI is InChI=1S/C32H65NO2.K/c1-4-6-8-10-12-14-16-18-20-22-24-29-33(31(3)27-26-28-32(34)35)30-25-23-21-19-17-15-13-11-9-7-5-2;/h31H,4-30H2,1-3H3,(H,34,35);/q;+1/p-1. The molecule has 0 saturated carbocycles. The average molecular weight is 534 g/mol. The molecule has 0 aromatic rings.